The number of carbonyl (C=O) groups is 2. The molecule has 1 atom stereocenters. The van der Waals surface area contributed by atoms with E-state index in [9.17, 15) is 14.0 Å². The van der Waals surface area contributed by atoms with Gasteiger partial charge in [-0.1, -0.05) is 6.07 Å². The predicted octanol–water partition coefficient (Wildman–Crippen LogP) is 1.36. The Morgan fingerprint density at radius 1 is 1.56 bits per heavy atom. The van der Waals surface area contributed by atoms with E-state index in [1.807, 2.05) is 0 Å². The van der Waals surface area contributed by atoms with Crippen LogP contribution in [0, 0.1) is 5.82 Å². The summed E-state index contributed by atoms with van der Waals surface area (Å²) in [6, 6.07) is 3.95. The zero-order valence-electron chi connectivity index (χ0n) is 8.61. The van der Waals surface area contributed by atoms with Gasteiger partial charge in [-0.3, -0.25) is 9.59 Å². The van der Waals surface area contributed by atoms with Gasteiger partial charge >= 0.3 is 5.97 Å². The summed E-state index contributed by atoms with van der Waals surface area (Å²) in [4.78, 5) is 23.7. The minimum absolute atomic E-state index is 0.262. The highest BCUT2D eigenvalue weighted by molar-refractivity contribution is 6.05. The van der Waals surface area contributed by atoms with E-state index in [4.69, 9.17) is 5.11 Å². The number of nitrogens with zero attached hydrogens (tertiary/aromatic N) is 1. The zero-order valence-corrected chi connectivity index (χ0v) is 8.61. The van der Waals surface area contributed by atoms with Gasteiger partial charge in [0.05, 0.1) is 18.0 Å². The van der Waals surface area contributed by atoms with Crippen molar-refractivity contribution in [2.24, 2.45) is 0 Å². The van der Waals surface area contributed by atoms with Crippen molar-refractivity contribution in [2.45, 2.75) is 12.3 Å². The topological polar surface area (TPSA) is 57.6 Å². The van der Waals surface area contributed by atoms with Crippen molar-refractivity contribution >= 4 is 17.6 Å². The van der Waals surface area contributed by atoms with E-state index < -0.39 is 17.7 Å². The molecule has 5 heteroatoms. The Hall–Kier alpha value is -1.91. The van der Waals surface area contributed by atoms with E-state index >= 15 is 0 Å². The molecule has 84 valence electrons. The van der Waals surface area contributed by atoms with Gasteiger partial charge in [0.25, 0.3) is 0 Å². The molecule has 0 fully saturated rings. The predicted molar refractivity (Wildman–Crippen MR) is 54.8 cm³/mol. The molecule has 0 bridgehead atoms. The van der Waals surface area contributed by atoms with Crippen LogP contribution in [-0.2, 0) is 9.59 Å². The molecule has 1 N–H and O–H groups in total. The number of anilines is 1. The molecule has 0 aliphatic carbocycles. The summed E-state index contributed by atoms with van der Waals surface area (Å²) in [5.74, 6) is -2.47. The van der Waals surface area contributed by atoms with Crippen molar-refractivity contribution in [1.29, 1.82) is 0 Å². The van der Waals surface area contributed by atoms with Crippen molar-refractivity contribution in [2.75, 3.05) is 11.9 Å². The SMILES string of the molecule is CN1C(=O)C(CC(=O)O)c2ccc(F)cc21. The van der Waals surface area contributed by atoms with Crippen LogP contribution in [0.2, 0.25) is 0 Å². The Morgan fingerprint density at radius 2 is 2.25 bits per heavy atom. The van der Waals surface area contributed by atoms with Crippen molar-refractivity contribution in [3.05, 3.63) is 29.6 Å². The molecule has 1 aromatic rings. The van der Waals surface area contributed by atoms with Crippen LogP contribution in [-0.4, -0.2) is 24.0 Å². The summed E-state index contributed by atoms with van der Waals surface area (Å²) in [5, 5.41) is 8.71. The molecule has 1 heterocycles. The highest BCUT2D eigenvalue weighted by atomic mass is 19.1. The second-order valence-corrected chi connectivity index (χ2v) is 3.75. The van der Waals surface area contributed by atoms with Crippen LogP contribution in [0.15, 0.2) is 18.2 Å². The quantitative estimate of drug-likeness (QED) is 0.823. The summed E-state index contributed by atoms with van der Waals surface area (Å²) >= 11 is 0. The summed E-state index contributed by atoms with van der Waals surface area (Å²) in [6.07, 6.45) is -0.262. The Balaban J connectivity index is 2.45. The van der Waals surface area contributed by atoms with Gasteiger partial charge in [0.1, 0.15) is 5.82 Å². The fraction of sp³-hybridized carbons (Fsp3) is 0.273. The fourth-order valence-electron chi connectivity index (χ4n) is 1.96. The molecule has 4 nitrogen and oxygen atoms in total. The summed E-state index contributed by atoms with van der Waals surface area (Å²) in [7, 11) is 1.52. The first-order chi connectivity index (χ1) is 7.50. The molecule has 0 spiro atoms. The number of hydrogen-bond acceptors (Lipinski definition) is 2. The third-order valence-electron chi connectivity index (χ3n) is 2.74. The number of benzene rings is 1. The fourth-order valence-corrected chi connectivity index (χ4v) is 1.96. The molecule has 0 aromatic heterocycles. The first-order valence-electron chi connectivity index (χ1n) is 4.79. The Bertz CT molecular complexity index is 472. The Kier molecular flexibility index (Phi) is 2.38. The van der Waals surface area contributed by atoms with Gasteiger partial charge in [-0.05, 0) is 17.7 Å². The number of halogens is 1. The lowest BCUT2D eigenvalue weighted by Gasteiger charge is -2.09. The molecule has 2 rings (SSSR count). The van der Waals surface area contributed by atoms with Gasteiger partial charge in [-0.2, -0.15) is 0 Å². The maximum atomic E-state index is 13.0. The molecule has 1 aliphatic heterocycles. The average Bonchev–Trinajstić information content (AvgIpc) is 2.43. The first-order valence-corrected chi connectivity index (χ1v) is 4.79. The number of hydrogen-bond donors (Lipinski definition) is 1. The highest BCUT2D eigenvalue weighted by Gasteiger charge is 2.36. The number of amides is 1. The molecule has 1 amide bonds. The largest absolute Gasteiger partial charge is 0.481 e. The molecule has 16 heavy (non-hydrogen) atoms. The number of aliphatic carboxylic acids is 1. The maximum Gasteiger partial charge on any atom is 0.304 e. The smallest absolute Gasteiger partial charge is 0.304 e. The number of carboxylic acids is 1. The van der Waals surface area contributed by atoms with Crippen molar-refractivity contribution in [1.82, 2.24) is 0 Å². The standard InChI is InChI=1S/C11H10FNO3/c1-13-9-4-6(12)2-3-7(9)8(11(13)16)5-10(14)15/h2-4,8H,5H2,1H3,(H,14,15). The summed E-state index contributed by atoms with van der Waals surface area (Å²) < 4.78 is 13.0. The maximum absolute atomic E-state index is 13.0. The molecule has 0 saturated carbocycles. The Labute approximate surface area is 91.3 Å². The van der Waals surface area contributed by atoms with Crippen LogP contribution < -0.4 is 4.90 Å². The van der Waals surface area contributed by atoms with E-state index in [-0.39, 0.29) is 12.3 Å². The van der Waals surface area contributed by atoms with E-state index in [0.717, 1.165) is 0 Å². The second-order valence-electron chi connectivity index (χ2n) is 3.75. The third kappa shape index (κ3) is 1.54. The first kappa shape index (κ1) is 10.6. The molecular formula is C11H10FNO3. The van der Waals surface area contributed by atoms with Crippen LogP contribution >= 0.6 is 0 Å². The van der Waals surface area contributed by atoms with E-state index in [0.29, 0.717) is 11.3 Å². The molecule has 1 aliphatic rings. The number of carboxylic acid groups (broad SMARTS) is 1. The van der Waals surface area contributed by atoms with Crippen LogP contribution in [0.1, 0.15) is 17.9 Å². The van der Waals surface area contributed by atoms with Crippen molar-refractivity contribution in [3.8, 4) is 0 Å². The van der Waals surface area contributed by atoms with Crippen molar-refractivity contribution < 1.29 is 19.1 Å². The van der Waals surface area contributed by atoms with Crippen molar-refractivity contribution in [3.63, 3.8) is 0 Å². The number of likely N-dealkylation sites (N-methyl/N-ethyl adjacent to an activating group) is 1. The average molecular weight is 223 g/mol. The highest BCUT2D eigenvalue weighted by Crippen LogP contribution is 2.38. The number of rotatable bonds is 2. The molecule has 0 radical (unpaired) electrons. The molecule has 0 saturated heterocycles. The van der Waals surface area contributed by atoms with Gasteiger partial charge in [0.2, 0.25) is 5.91 Å². The minimum atomic E-state index is -1.04. The number of carbonyl (C=O) groups excluding carboxylic acids is 1. The molecular weight excluding hydrogens is 213 g/mol. The van der Waals surface area contributed by atoms with Crippen LogP contribution in [0.3, 0.4) is 0 Å². The lowest BCUT2D eigenvalue weighted by molar-refractivity contribution is -0.139. The van der Waals surface area contributed by atoms with E-state index in [1.54, 1.807) is 0 Å². The third-order valence-corrected chi connectivity index (χ3v) is 2.74. The second kappa shape index (κ2) is 3.59. The normalized spacial score (nSPS) is 18.8. The minimum Gasteiger partial charge on any atom is -0.481 e. The van der Waals surface area contributed by atoms with Gasteiger partial charge in [-0.15, -0.1) is 0 Å². The van der Waals surface area contributed by atoms with Gasteiger partial charge in [0, 0.05) is 7.05 Å². The van der Waals surface area contributed by atoms with Crippen LogP contribution in [0.5, 0.6) is 0 Å². The Morgan fingerprint density at radius 3 is 2.88 bits per heavy atom. The summed E-state index contributed by atoms with van der Waals surface area (Å²) in [5.41, 5.74) is 1.03. The van der Waals surface area contributed by atoms with Crippen LogP contribution in [0.25, 0.3) is 0 Å². The zero-order chi connectivity index (χ0) is 11.9. The molecule has 1 aromatic carbocycles. The summed E-state index contributed by atoms with van der Waals surface area (Å²) in [6.45, 7) is 0. The molecule has 1 unspecified atom stereocenters. The monoisotopic (exact) mass is 223 g/mol. The van der Waals surface area contributed by atoms with Gasteiger partial charge in [0.15, 0.2) is 0 Å². The van der Waals surface area contributed by atoms with E-state index in [1.165, 1.54) is 30.1 Å². The van der Waals surface area contributed by atoms with Crippen LogP contribution in [0.4, 0.5) is 10.1 Å². The number of fused-ring (bicyclic) bond motifs is 1. The lowest BCUT2D eigenvalue weighted by atomic mass is 9.97. The van der Waals surface area contributed by atoms with Gasteiger partial charge < -0.3 is 10.0 Å². The lowest BCUT2D eigenvalue weighted by Crippen LogP contribution is -2.25. The van der Waals surface area contributed by atoms with Gasteiger partial charge in [-0.25, -0.2) is 4.39 Å². The van der Waals surface area contributed by atoms with E-state index in [2.05, 4.69) is 0 Å².